The maximum atomic E-state index is 2.45. The number of hydrogen-bond acceptors (Lipinski definition) is 1. The molecule has 9 aromatic carbocycles. The van der Waals surface area contributed by atoms with Gasteiger partial charge in [0.2, 0.25) is 0 Å². The molecule has 0 fully saturated rings. The lowest BCUT2D eigenvalue weighted by atomic mass is 9.82. The van der Waals surface area contributed by atoms with Crippen LogP contribution in [-0.4, -0.2) is 0 Å². The van der Waals surface area contributed by atoms with Crippen LogP contribution in [0, 0.1) is 0 Å². The highest BCUT2D eigenvalue weighted by molar-refractivity contribution is 6.07. The summed E-state index contributed by atoms with van der Waals surface area (Å²) in [4.78, 5) is 2.45. The van der Waals surface area contributed by atoms with Crippen molar-refractivity contribution in [3.05, 3.63) is 199 Å². The molecule has 246 valence electrons. The van der Waals surface area contributed by atoms with Gasteiger partial charge >= 0.3 is 0 Å². The summed E-state index contributed by atoms with van der Waals surface area (Å²) in [5.41, 5.74) is 13.8. The summed E-state index contributed by atoms with van der Waals surface area (Å²) in [6.45, 7) is 4.71. The molecule has 0 amide bonds. The van der Waals surface area contributed by atoms with E-state index in [0.29, 0.717) is 0 Å². The standard InChI is InChI=1S/C51H37N/c1-51(2)46-23-8-7-20-44(46)50-43(22-12-24-47(50)51)38-28-27-36-17-11-26-49(45(36)33-38)52(48-25-10-16-35-14-4-6-19-42(35)48)39-31-29-37(30-32-39)41-21-9-15-34-13-3-5-18-40(34)41/h3-33H,1-2H3. The molecule has 0 heterocycles. The molecule has 0 unspecified atom stereocenters. The van der Waals surface area contributed by atoms with Crippen molar-refractivity contribution in [3.63, 3.8) is 0 Å². The zero-order valence-corrected chi connectivity index (χ0v) is 29.3. The zero-order valence-electron chi connectivity index (χ0n) is 29.3. The van der Waals surface area contributed by atoms with E-state index in [-0.39, 0.29) is 5.41 Å². The second-order valence-electron chi connectivity index (χ2n) is 14.5. The van der Waals surface area contributed by atoms with Crippen molar-refractivity contribution in [2.24, 2.45) is 0 Å². The van der Waals surface area contributed by atoms with Gasteiger partial charge in [-0.05, 0) is 96.4 Å². The Hall–Kier alpha value is -6.44. The quantitative estimate of drug-likeness (QED) is 0.177. The number of benzene rings is 9. The third-order valence-corrected chi connectivity index (χ3v) is 11.3. The van der Waals surface area contributed by atoms with Crippen LogP contribution in [0.25, 0.3) is 65.7 Å². The van der Waals surface area contributed by atoms with Gasteiger partial charge < -0.3 is 4.90 Å². The lowest BCUT2D eigenvalue weighted by Crippen LogP contribution is -2.14. The zero-order chi connectivity index (χ0) is 34.8. The van der Waals surface area contributed by atoms with Gasteiger partial charge in [-0.3, -0.25) is 0 Å². The van der Waals surface area contributed by atoms with Crippen molar-refractivity contribution in [1.82, 2.24) is 0 Å². The summed E-state index contributed by atoms with van der Waals surface area (Å²) < 4.78 is 0. The van der Waals surface area contributed by atoms with E-state index in [1.54, 1.807) is 0 Å². The third-order valence-electron chi connectivity index (χ3n) is 11.3. The molecule has 1 nitrogen and oxygen atoms in total. The second-order valence-corrected chi connectivity index (χ2v) is 14.5. The Bertz CT molecular complexity index is 2810. The average molecular weight is 664 g/mol. The fraction of sp³-hybridized carbons (Fsp3) is 0.0588. The third kappa shape index (κ3) is 4.70. The first-order valence-electron chi connectivity index (χ1n) is 18.2. The summed E-state index contributed by atoms with van der Waals surface area (Å²) in [6, 6.07) is 69.2. The normalized spacial score (nSPS) is 13.0. The summed E-state index contributed by atoms with van der Waals surface area (Å²) in [5, 5.41) is 7.39. The van der Waals surface area contributed by atoms with Gasteiger partial charge in [0.25, 0.3) is 0 Å². The predicted molar refractivity (Wildman–Crippen MR) is 222 cm³/mol. The molecule has 0 N–H and O–H groups in total. The molecule has 0 spiro atoms. The van der Waals surface area contributed by atoms with Crippen molar-refractivity contribution in [2.45, 2.75) is 19.3 Å². The van der Waals surface area contributed by atoms with E-state index in [2.05, 4.69) is 207 Å². The Kier molecular flexibility index (Phi) is 6.91. The first-order chi connectivity index (χ1) is 25.6. The highest BCUT2D eigenvalue weighted by Gasteiger charge is 2.36. The van der Waals surface area contributed by atoms with Gasteiger partial charge in [-0.25, -0.2) is 0 Å². The summed E-state index contributed by atoms with van der Waals surface area (Å²) in [6.07, 6.45) is 0. The van der Waals surface area contributed by atoms with Crippen LogP contribution in [0.3, 0.4) is 0 Å². The number of fused-ring (bicyclic) bond motifs is 6. The first-order valence-corrected chi connectivity index (χ1v) is 18.2. The Labute approximate surface area is 305 Å². The van der Waals surface area contributed by atoms with Crippen LogP contribution in [-0.2, 0) is 5.41 Å². The summed E-state index contributed by atoms with van der Waals surface area (Å²) in [5.74, 6) is 0. The lowest BCUT2D eigenvalue weighted by molar-refractivity contribution is 0.660. The molecule has 1 aliphatic carbocycles. The molecule has 0 saturated carbocycles. The second kappa shape index (κ2) is 11.8. The van der Waals surface area contributed by atoms with E-state index in [1.807, 2.05) is 0 Å². The predicted octanol–water partition coefficient (Wildman–Crippen LogP) is 14.3. The van der Waals surface area contributed by atoms with Crippen molar-refractivity contribution < 1.29 is 0 Å². The Morgan fingerprint density at radius 1 is 0.365 bits per heavy atom. The van der Waals surface area contributed by atoms with Crippen LogP contribution < -0.4 is 4.90 Å². The molecule has 9 aromatic rings. The largest absolute Gasteiger partial charge is 0.309 e. The van der Waals surface area contributed by atoms with E-state index in [4.69, 9.17) is 0 Å². The minimum absolute atomic E-state index is 0.0483. The van der Waals surface area contributed by atoms with Crippen molar-refractivity contribution in [2.75, 3.05) is 4.90 Å². The minimum Gasteiger partial charge on any atom is -0.309 e. The monoisotopic (exact) mass is 663 g/mol. The smallest absolute Gasteiger partial charge is 0.0540 e. The number of rotatable bonds is 5. The van der Waals surface area contributed by atoms with Crippen molar-refractivity contribution in [1.29, 1.82) is 0 Å². The van der Waals surface area contributed by atoms with Crippen molar-refractivity contribution >= 4 is 49.4 Å². The van der Waals surface area contributed by atoms with E-state index in [1.165, 1.54) is 76.8 Å². The average Bonchev–Trinajstić information content (AvgIpc) is 3.44. The SMILES string of the molecule is CC1(C)c2ccccc2-c2c(-c3ccc4cccc(N(c5ccc(-c6cccc7ccccc67)cc5)c5cccc6ccccc56)c4c3)cccc21. The van der Waals surface area contributed by atoms with Gasteiger partial charge in [-0.1, -0.05) is 172 Å². The van der Waals surface area contributed by atoms with Crippen LogP contribution in [0.5, 0.6) is 0 Å². The van der Waals surface area contributed by atoms with E-state index in [9.17, 15) is 0 Å². The molecule has 0 bridgehead atoms. The molecular weight excluding hydrogens is 627 g/mol. The molecule has 0 aliphatic heterocycles. The fourth-order valence-electron chi connectivity index (χ4n) is 8.69. The molecule has 52 heavy (non-hydrogen) atoms. The summed E-state index contributed by atoms with van der Waals surface area (Å²) >= 11 is 0. The fourth-order valence-corrected chi connectivity index (χ4v) is 8.69. The number of anilines is 3. The van der Waals surface area contributed by atoms with Crippen molar-refractivity contribution in [3.8, 4) is 33.4 Å². The van der Waals surface area contributed by atoms with E-state index in [0.717, 1.165) is 17.1 Å². The van der Waals surface area contributed by atoms with Crippen LogP contribution in [0.4, 0.5) is 17.1 Å². The summed E-state index contributed by atoms with van der Waals surface area (Å²) in [7, 11) is 0. The van der Waals surface area contributed by atoms with Gasteiger partial charge in [0.15, 0.2) is 0 Å². The molecule has 0 radical (unpaired) electrons. The molecule has 1 aliphatic rings. The maximum Gasteiger partial charge on any atom is 0.0540 e. The van der Waals surface area contributed by atoms with E-state index >= 15 is 0 Å². The Balaban J connectivity index is 1.18. The number of hydrogen-bond donors (Lipinski definition) is 0. The Morgan fingerprint density at radius 3 is 1.67 bits per heavy atom. The molecule has 0 atom stereocenters. The molecule has 10 rings (SSSR count). The molecule has 0 saturated heterocycles. The molecule has 0 aromatic heterocycles. The Morgan fingerprint density at radius 2 is 0.885 bits per heavy atom. The highest BCUT2D eigenvalue weighted by Crippen LogP contribution is 2.52. The molecular formula is C51H37N. The van der Waals surface area contributed by atoms with Crippen LogP contribution in [0.2, 0.25) is 0 Å². The van der Waals surface area contributed by atoms with E-state index < -0.39 is 0 Å². The number of nitrogens with zero attached hydrogens (tertiary/aromatic N) is 1. The van der Waals surface area contributed by atoms with Gasteiger partial charge in [-0.2, -0.15) is 0 Å². The maximum absolute atomic E-state index is 2.45. The van der Waals surface area contributed by atoms with Gasteiger partial charge in [-0.15, -0.1) is 0 Å². The lowest BCUT2D eigenvalue weighted by Gasteiger charge is -2.28. The minimum atomic E-state index is -0.0483. The highest BCUT2D eigenvalue weighted by atomic mass is 15.1. The van der Waals surface area contributed by atoms with Gasteiger partial charge in [0.1, 0.15) is 0 Å². The van der Waals surface area contributed by atoms with Crippen LogP contribution in [0.15, 0.2) is 188 Å². The molecule has 1 heteroatoms. The topological polar surface area (TPSA) is 3.24 Å². The van der Waals surface area contributed by atoms with Gasteiger partial charge in [0.05, 0.1) is 11.4 Å². The van der Waals surface area contributed by atoms with Gasteiger partial charge in [0, 0.05) is 21.9 Å². The first kappa shape index (κ1) is 30.4. The van der Waals surface area contributed by atoms with Crippen LogP contribution >= 0.6 is 0 Å². The van der Waals surface area contributed by atoms with Crippen LogP contribution in [0.1, 0.15) is 25.0 Å².